The van der Waals surface area contributed by atoms with Gasteiger partial charge in [-0.25, -0.2) is 9.37 Å². The third kappa shape index (κ3) is 6.58. The van der Waals surface area contributed by atoms with Crippen LogP contribution in [0.2, 0.25) is 0 Å². The van der Waals surface area contributed by atoms with Gasteiger partial charge in [-0.05, 0) is 79.8 Å². The summed E-state index contributed by atoms with van der Waals surface area (Å²) in [5.41, 5.74) is 1.96. The van der Waals surface area contributed by atoms with Crippen molar-refractivity contribution in [1.29, 1.82) is 0 Å². The highest BCUT2D eigenvalue weighted by atomic mass is 19.1. The van der Waals surface area contributed by atoms with E-state index in [1.165, 1.54) is 12.7 Å². The van der Waals surface area contributed by atoms with E-state index < -0.39 is 12.1 Å². The lowest BCUT2D eigenvalue weighted by Crippen LogP contribution is -2.41. The van der Waals surface area contributed by atoms with Crippen LogP contribution in [0, 0.1) is 23.7 Å². The Kier molecular flexibility index (Phi) is 8.32. The van der Waals surface area contributed by atoms with Gasteiger partial charge >= 0.3 is 5.97 Å². The van der Waals surface area contributed by atoms with Crippen LogP contribution in [0.4, 0.5) is 4.39 Å². The van der Waals surface area contributed by atoms with Crippen molar-refractivity contribution < 1.29 is 23.4 Å². The van der Waals surface area contributed by atoms with E-state index in [2.05, 4.69) is 26.7 Å². The fraction of sp³-hybridized carbons (Fsp3) is 0.444. The van der Waals surface area contributed by atoms with Crippen LogP contribution in [0.3, 0.4) is 0 Å². The third-order valence-corrected chi connectivity index (χ3v) is 6.77. The number of aromatic nitrogens is 2. The second kappa shape index (κ2) is 11.8. The summed E-state index contributed by atoms with van der Waals surface area (Å²) in [5.74, 6) is 6.43. The molecule has 35 heavy (non-hydrogen) atoms. The number of fused-ring (bicyclic) bond motifs is 1. The molecule has 0 aliphatic carbocycles. The Morgan fingerprint density at radius 2 is 2.20 bits per heavy atom. The van der Waals surface area contributed by atoms with Gasteiger partial charge in [0.15, 0.2) is 12.1 Å². The van der Waals surface area contributed by atoms with Crippen molar-refractivity contribution >= 4 is 16.9 Å². The topological polar surface area (TPSA) is 88.7 Å². The van der Waals surface area contributed by atoms with E-state index in [9.17, 15) is 9.90 Å². The van der Waals surface area contributed by atoms with Gasteiger partial charge in [-0.2, -0.15) is 0 Å². The van der Waals surface area contributed by atoms with Crippen LogP contribution in [-0.4, -0.2) is 52.7 Å². The van der Waals surface area contributed by atoms with E-state index in [1.807, 2.05) is 18.2 Å². The molecule has 0 saturated carbocycles. The highest BCUT2D eigenvalue weighted by molar-refractivity contribution is 5.83. The van der Waals surface area contributed by atoms with E-state index in [4.69, 9.17) is 9.15 Å². The van der Waals surface area contributed by atoms with Gasteiger partial charge in [0.05, 0.1) is 19.2 Å². The zero-order valence-electron chi connectivity index (χ0n) is 19.8. The van der Waals surface area contributed by atoms with Crippen molar-refractivity contribution in [2.75, 3.05) is 26.7 Å². The Morgan fingerprint density at radius 3 is 2.97 bits per heavy atom. The zero-order chi connectivity index (χ0) is 24.6. The number of halogens is 1. The van der Waals surface area contributed by atoms with Crippen LogP contribution < -0.4 is 4.74 Å². The first-order valence-electron chi connectivity index (χ1n) is 11.9. The number of carboxylic acids is 1. The van der Waals surface area contributed by atoms with Crippen molar-refractivity contribution in [3.63, 3.8) is 0 Å². The molecule has 3 aromatic rings. The predicted molar refractivity (Wildman–Crippen MR) is 130 cm³/mol. The van der Waals surface area contributed by atoms with Gasteiger partial charge in [0.25, 0.3) is 0 Å². The largest absolute Gasteiger partial charge is 0.497 e. The molecule has 7 nitrogen and oxygen atoms in total. The first-order valence-corrected chi connectivity index (χ1v) is 11.9. The van der Waals surface area contributed by atoms with E-state index in [0.717, 1.165) is 30.4 Å². The molecular weight excluding hydrogens is 449 g/mol. The summed E-state index contributed by atoms with van der Waals surface area (Å²) in [4.78, 5) is 21.8. The number of carbonyl (C=O) groups is 1. The minimum atomic E-state index is -1.13. The van der Waals surface area contributed by atoms with Gasteiger partial charge in [0.2, 0.25) is 0 Å². The number of piperidine rings is 1. The molecule has 1 N–H and O–H groups in total. The molecule has 0 bridgehead atoms. The molecule has 1 aliphatic heterocycles. The monoisotopic (exact) mass is 479 g/mol. The Hall–Kier alpha value is -3.44. The molecule has 8 heteroatoms. The number of rotatable bonds is 9. The van der Waals surface area contributed by atoms with Gasteiger partial charge in [0, 0.05) is 24.5 Å². The fourth-order valence-corrected chi connectivity index (χ4v) is 4.89. The number of pyridine rings is 1. The highest BCUT2D eigenvalue weighted by Gasteiger charge is 2.30. The summed E-state index contributed by atoms with van der Waals surface area (Å²) in [5, 5.41) is 9.99. The number of nitrogens with zero attached hydrogens (tertiary/aromatic N) is 3. The first-order chi connectivity index (χ1) is 17.0. The van der Waals surface area contributed by atoms with Gasteiger partial charge < -0.3 is 14.3 Å². The standard InChI is InChI=1S/C27H30FN3O4/c1-34-22-6-8-26-24(15-22)23(10-12-29-26)25(28)7-4-19-11-14-31(16-20(19)5-9-27(32)33)13-2-3-21-17-35-18-30-21/h6,8,10,12,15,17-20,25H,4-5,7,9,11,13-14,16H2,1H3,(H,32,33)/t19?,20?,25-/m0/s1. The Balaban J connectivity index is 1.39. The lowest BCUT2D eigenvalue weighted by atomic mass is 9.79. The summed E-state index contributed by atoms with van der Waals surface area (Å²) in [6.45, 7) is 2.20. The summed E-state index contributed by atoms with van der Waals surface area (Å²) < 4.78 is 25.7. The number of hydrogen-bond acceptors (Lipinski definition) is 6. The molecule has 1 fully saturated rings. The van der Waals surface area contributed by atoms with Crippen molar-refractivity contribution in [2.45, 2.75) is 38.3 Å². The number of alkyl halides is 1. The number of oxazole rings is 1. The third-order valence-electron chi connectivity index (χ3n) is 6.77. The van der Waals surface area contributed by atoms with Crippen molar-refractivity contribution in [3.8, 4) is 17.6 Å². The molecule has 0 amide bonds. The van der Waals surface area contributed by atoms with Gasteiger partial charge in [-0.3, -0.25) is 14.7 Å². The Morgan fingerprint density at radius 1 is 1.31 bits per heavy atom. The van der Waals surface area contributed by atoms with Crippen molar-refractivity contribution in [1.82, 2.24) is 14.9 Å². The summed E-state index contributed by atoms with van der Waals surface area (Å²) in [6, 6.07) is 7.24. The molecule has 184 valence electrons. The maximum absolute atomic E-state index is 15.5. The molecule has 1 saturated heterocycles. The quantitative estimate of drug-likeness (QED) is 0.438. The molecular formula is C27H30FN3O4. The number of aliphatic carboxylic acids is 1. The number of hydrogen-bond donors (Lipinski definition) is 1. The molecule has 1 aromatic carbocycles. The molecule has 1 aliphatic rings. The van der Waals surface area contributed by atoms with Crippen LogP contribution in [0.5, 0.6) is 5.75 Å². The zero-order valence-corrected chi connectivity index (χ0v) is 19.8. The van der Waals surface area contributed by atoms with E-state index in [-0.39, 0.29) is 18.3 Å². The minimum absolute atomic E-state index is 0.119. The summed E-state index contributed by atoms with van der Waals surface area (Å²) in [6.07, 6.45) is 6.06. The number of carboxylic acid groups (broad SMARTS) is 1. The normalized spacial score (nSPS) is 19.1. The fourth-order valence-electron chi connectivity index (χ4n) is 4.89. The average Bonchev–Trinajstić information content (AvgIpc) is 3.39. The molecule has 3 atom stereocenters. The van der Waals surface area contributed by atoms with Crippen molar-refractivity contribution in [3.05, 3.63) is 54.4 Å². The van der Waals surface area contributed by atoms with Crippen molar-refractivity contribution in [2.24, 2.45) is 11.8 Å². The number of methoxy groups -OCH3 is 1. The Bertz CT molecular complexity index is 1190. The number of benzene rings is 1. The maximum atomic E-state index is 15.5. The van der Waals surface area contributed by atoms with Gasteiger partial charge in [0.1, 0.15) is 18.2 Å². The molecule has 3 heterocycles. The molecule has 2 unspecified atom stereocenters. The number of ether oxygens (including phenoxy) is 1. The smallest absolute Gasteiger partial charge is 0.303 e. The van der Waals surface area contributed by atoms with Crippen LogP contribution in [0.1, 0.15) is 49.5 Å². The molecule has 4 rings (SSSR count). The highest BCUT2D eigenvalue weighted by Crippen LogP contribution is 2.36. The lowest BCUT2D eigenvalue weighted by Gasteiger charge is -2.38. The summed E-state index contributed by atoms with van der Waals surface area (Å²) in [7, 11) is 1.59. The van der Waals surface area contributed by atoms with Gasteiger partial charge in [-0.15, -0.1) is 0 Å². The average molecular weight is 480 g/mol. The summed E-state index contributed by atoms with van der Waals surface area (Å²) >= 11 is 0. The molecule has 2 aromatic heterocycles. The second-order valence-electron chi connectivity index (χ2n) is 8.98. The lowest BCUT2D eigenvalue weighted by molar-refractivity contribution is -0.137. The van der Waals surface area contributed by atoms with Crippen LogP contribution in [0.15, 0.2) is 47.5 Å². The number of likely N-dealkylation sites (tertiary alicyclic amines) is 1. The Labute approximate surface area is 204 Å². The second-order valence-corrected chi connectivity index (χ2v) is 8.98. The van der Waals surface area contributed by atoms with Gasteiger partial charge in [-0.1, -0.05) is 5.92 Å². The maximum Gasteiger partial charge on any atom is 0.303 e. The van der Waals surface area contributed by atoms with Crippen LogP contribution in [-0.2, 0) is 4.79 Å². The molecule has 0 radical (unpaired) electrons. The first kappa shape index (κ1) is 24.7. The van der Waals surface area contributed by atoms with E-state index in [0.29, 0.717) is 42.8 Å². The van der Waals surface area contributed by atoms with Crippen LogP contribution in [0.25, 0.3) is 10.9 Å². The van der Waals surface area contributed by atoms with E-state index >= 15 is 4.39 Å². The minimum Gasteiger partial charge on any atom is -0.497 e. The predicted octanol–water partition coefficient (Wildman–Crippen LogP) is 4.88. The van der Waals surface area contributed by atoms with Crippen LogP contribution >= 0.6 is 0 Å². The SMILES string of the molecule is COc1ccc2nccc([C@@H](F)CCC3CCN(CC#Cc4cocn4)CC3CCC(=O)O)c2c1. The van der Waals surface area contributed by atoms with E-state index in [1.54, 1.807) is 19.4 Å². The molecule has 0 spiro atoms.